The third-order valence-corrected chi connectivity index (χ3v) is 3.36. The van der Waals surface area contributed by atoms with Crippen LogP contribution in [0.15, 0.2) is 42.6 Å². The van der Waals surface area contributed by atoms with Gasteiger partial charge in [-0.05, 0) is 24.3 Å². The number of carbonyl (C=O) groups is 1. The van der Waals surface area contributed by atoms with Crippen molar-refractivity contribution >= 4 is 17.3 Å². The van der Waals surface area contributed by atoms with Crippen molar-refractivity contribution < 1.29 is 9.53 Å². The van der Waals surface area contributed by atoms with Gasteiger partial charge in [0.1, 0.15) is 18.0 Å². The first-order valence-electron chi connectivity index (χ1n) is 6.14. The second-order valence-corrected chi connectivity index (χ2v) is 4.62. The number of nitrogen functional groups attached to an aromatic ring is 1. The molecule has 2 aromatic rings. The van der Waals surface area contributed by atoms with Gasteiger partial charge in [0.25, 0.3) is 5.91 Å². The first kappa shape index (κ1) is 12.3. The predicted molar refractivity (Wildman–Crippen MR) is 75.1 cm³/mol. The molecule has 102 valence electrons. The summed E-state index contributed by atoms with van der Waals surface area (Å²) in [6.07, 6.45) is 1.60. The second kappa shape index (κ2) is 4.41. The molecule has 1 aliphatic rings. The Kier molecular flexibility index (Phi) is 2.71. The molecule has 1 aliphatic heterocycles. The molecule has 5 N–H and O–H groups in total. The monoisotopic (exact) mass is 270 g/mol. The van der Waals surface area contributed by atoms with E-state index in [0.29, 0.717) is 22.8 Å². The number of ether oxygens (including phenoxy) is 1. The fourth-order valence-electron chi connectivity index (χ4n) is 2.25. The Morgan fingerprint density at radius 3 is 2.85 bits per heavy atom. The molecule has 2 heterocycles. The van der Waals surface area contributed by atoms with Crippen molar-refractivity contribution in [1.29, 1.82) is 0 Å². The van der Waals surface area contributed by atoms with E-state index in [-0.39, 0.29) is 6.61 Å². The van der Waals surface area contributed by atoms with Gasteiger partial charge in [-0.2, -0.15) is 0 Å². The molecule has 0 aliphatic carbocycles. The molecule has 0 spiro atoms. The maximum Gasteiger partial charge on any atom is 0.253 e. The van der Waals surface area contributed by atoms with Crippen molar-refractivity contribution in [3.63, 3.8) is 0 Å². The Labute approximate surface area is 115 Å². The normalized spacial score (nSPS) is 20.4. The fraction of sp³-hybridized carbons (Fsp3) is 0.143. The average molecular weight is 270 g/mol. The lowest BCUT2D eigenvalue weighted by molar-refractivity contribution is -0.124. The summed E-state index contributed by atoms with van der Waals surface area (Å²) in [6.45, 7) is 0.0653. The number of nitrogens with zero attached hydrogens (tertiary/aromatic N) is 1. The number of hydrogen-bond donors (Lipinski definition) is 3. The Hall–Kier alpha value is -2.76. The molecule has 0 bridgehead atoms. The number of nitrogens with one attached hydrogen (secondary N) is 1. The van der Waals surface area contributed by atoms with E-state index in [2.05, 4.69) is 10.3 Å². The summed E-state index contributed by atoms with van der Waals surface area (Å²) in [4.78, 5) is 16.2. The number of hydrogen-bond acceptors (Lipinski definition) is 5. The Morgan fingerprint density at radius 1 is 1.30 bits per heavy atom. The Bertz CT molecular complexity index is 659. The van der Waals surface area contributed by atoms with Gasteiger partial charge in [-0.25, -0.2) is 0 Å². The van der Waals surface area contributed by atoms with E-state index in [4.69, 9.17) is 16.2 Å². The number of rotatable bonds is 2. The minimum absolute atomic E-state index is 0.0653. The van der Waals surface area contributed by atoms with Crippen LogP contribution < -0.4 is 21.5 Å². The second-order valence-electron chi connectivity index (χ2n) is 4.62. The molecule has 1 aromatic heterocycles. The minimum Gasteiger partial charge on any atom is -0.488 e. The largest absolute Gasteiger partial charge is 0.488 e. The molecule has 0 radical (unpaired) electrons. The number of para-hydroxylation sites is 1. The van der Waals surface area contributed by atoms with Crippen molar-refractivity contribution in [3.8, 4) is 5.75 Å². The van der Waals surface area contributed by atoms with Crippen LogP contribution in [0.5, 0.6) is 5.75 Å². The maximum atomic E-state index is 12.0. The Balaban J connectivity index is 2.12. The van der Waals surface area contributed by atoms with Crippen LogP contribution in [0, 0.1) is 0 Å². The zero-order chi connectivity index (χ0) is 14.2. The van der Waals surface area contributed by atoms with Crippen LogP contribution in [-0.2, 0) is 10.3 Å². The van der Waals surface area contributed by atoms with E-state index in [9.17, 15) is 4.79 Å². The number of fused-ring (bicyclic) bond motifs is 1. The summed E-state index contributed by atoms with van der Waals surface area (Å²) >= 11 is 0. The van der Waals surface area contributed by atoms with Gasteiger partial charge in [-0.3, -0.25) is 9.78 Å². The standard InChI is InChI=1S/C14H14N4O2/c15-9-4-3-5-10-12(9)18-14(8-20-10,13(16)19)11-6-1-2-7-17-11/h1-7,18H,8,15H2,(H2,16,19). The highest BCUT2D eigenvalue weighted by molar-refractivity contribution is 5.92. The fourth-order valence-corrected chi connectivity index (χ4v) is 2.25. The number of primary amides is 1. The third-order valence-electron chi connectivity index (χ3n) is 3.36. The van der Waals surface area contributed by atoms with Crippen LogP contribution in [-0.4, -0.2) is 17.5 Å². The molecule has 3 rings (SSSR count). The summed E-state index contributed by atoms with van der Waals surface area (Å²) in [7, 11) is 0. The number of aromatic nitrogens is 1. The molecule has 0 fully saturated rings. The van der Waals surface area contributed by atoms with Gasteiger partial charge in [-0.15, -0.1) is 0 Å². The van der Waals surface area contributed by atoms with Crippen LogP contribution in [0.4, 0.5) is 11.4 Å². The van der Waals surface area contributed by atoms with Crippen LogP contribution in [0.3, 0.4) is 0 Å². The van der Waals surface area contributed by atoms with Gasteiger partial charge >= 0.3 is 0 Å². The summed E-state index contributed by atoms with van der Waals surface area (Å²) < 4.78 is 5.65. The molecule has 1 atom stereocenters. The van der Waals surface area contributed by atoms with Crippen LogP contribution in [0.2, 0.25) is 0 Å². The zero-order valence-electron chi connectivity index (χ0n) is 10.7. The van der Waals surface area contributed by atoms with Crippen molar-refractivity contribution in [2.75, 3.05) is 17.7 Å². The molecule has 20 heavy (non-hydrogen) atoms. The van der Waals surface area contributed by atoms with Gasteiger partial charge < -0.3 is 21.5 Å². The molecule has 1 aromatic carbocycles. The molecule has 0 saturated heterocycles. The van der Waals surface area contributed by atoms with Crippen molar-refractivity contribution in [2.45, 2.75) is 5.54 Å². The van der Waals surface area contributed by atoms with Gasteiger partial charge in [0, 0.05) is 6.20 Å². The molecule has 6 nitrogen and oxygen atoms in total. The van der Waals surface area contributed by atoms with Gasteiger partial charge in [0.2, 0.25) is 0 Å². The lowest BCUT2D eigenvalue weighted by Crippen LogP contribution is -2.54. The highest BCUT2D eigenvalue weighted by atomic mass is 16.5. The van der Waals surface area contributed by atoms with Gasteiger partial charge in [0.15, 0.2) is 5.54 Å². The Morgan fingerprint density at radius 2 is 2.15 bits per heavy atom. The van der Waals surface area contributed by atoms with Crippen molar-refractivity contribution in [1.82, 2.24) is 4.98 Å². The van der Waals surface area contributed by atoms with Crippen molar-refractivity contribution in [2.24, 2.45) is 5.73 Å². The smallest absolute Gasteiger partial charge is 0.253 e. The highest BCUT2D eigenvalue weighted by Crippen LogP contribution is 2.40. The quantitative estimate of drug-likeness (QED) is 0.702. The van der Waals surface area contributed by atoms with Gasteiger partial charge in [-0.1, -0.05) is 12.1 Å². The van der Waals surface area contributed by atoms with E-state index in [1.165, 1.54) is 0 Å². The average Bonchev–Trinajstić information content (AvgIpc) is 2.48. The summed E-state index contributed by atoms with van der Waals surface area (Å²) in [6, 6.07) is 10.6. The predicted octanol–water partition coefficient (Wildman–Crippen LogP) is 0.849. The molecular formula is C14H14N4O2. The van der Waals surface area contributed by atoms with Gasteiger partial charge in [0.05, 0.1) is 11.4 Å². The number of carbonyl (C=O) groups excluding carboxylic acids is 1. The van der Waals surface area contributed by atoms with E-state index < -0.39 is 11.4 Å². The summed E-state index contributed by atoms with van der Waals surface area (Å²) in [5.41, 5.74) is 11.8. The SMILES string of the molecule is NC(=O)C1(c2ccccn2)COc2cccc(N)c2N1. The van der Waals surface area contributed by atoms with Crippen LogP contribution in [0.25, 0.3) is 0 Å². The van der Waals surface area contributed by atoms with E-state index >= 15 is 0 Å². The highest BCUT2D eigenvalue weighted by Gasteiger charge is 2.44. The van der Waals surface area contributed by atoms with Crippen molar-refractivity contribution in [3.05, 3.63) is 48.3 Å². The molecular weight excluding hydrogens is 256 g/mol. The number of anilines is 2. The molecule has 0 saturated carbocycles. The van der Waals surface area contributed by atoms with E-state index in [1.807, 2.05) is 0 Å². The zero-order valence-corrected chi connectivity index (χ0v) is 10.7. The van der Waals surface area contributed by atoms with Crippen LogP contribution >= 0.6 is 0 Å². The topological polar surface area (TPSA) is 103 Å². The number of benzene rings is 1. The number of nitrogens with two attached hydrogens (primary N) is 2. The summed E-state index contributed by atoms with van der Waals surface area (Å²) in [5.74, 6) is 0.0305. The maximum absolute atomic E-state index is 12.0. The van der Waals surface area contributed by atoms with E-state index in [0.717, 1.165) is 0 Å². The molecule has 6 heteroatoms. The lowest BCUT2D eigenvalue weighted by Gasteiger charge is -2.37. The van der Waals surface area contributed by atoms with Crippen LogP contribution in [0.1, 0.15) is 5.69 Å². The molecule has 1 amide bonds. The number of pyridine rings is 1. The van der Waals surface area contributed by atoms with E-state index in [1.54, 1.807) is 42.6 Å². The first-order chi connectivity index (χ1) is 9.63. The minimum atomic E-state index is -1.22. The molecule has 1 unspecified atom stereocenters. The number of amides is 1. The third kappa shape index (κ3) is 1.73. The lowest BCUT2D eigenvalue weighted by atomic mass is 9.92. The summed E-state index contributed by atoms with van der Waals surface area (Å²) in [5, 5.41) is 3.11. The first-order valence-corrected chi connectivity index (χ1v) is 6.14.